The summed E-state index contributed by atoms with van der Waals surface area (Å²) in [6.45, 7) is 3.79. The molecule has 2 aliphatic rings. The van der Waals surface area contributed by atoms with Crippen molar-refractivity contribution in [3.8, 4) is 0 Å². The molecule has 2 amide bonds. The van der Waals surface area contributed by atoms with Crippen LogP contribution in [0.3, 0.4) is 0 Å². The summed E-state index contributed by atoms with van der Waals surface area (Å²) in [7, 11) is 0. The lowest BCUT2D eigenvalue weighted by atomic mass is 9.97. The third-order valence-electron chi connectivity index (χ3n) is 3.58. The molecule has 6 heteroatoms. The number of hydrogen-bond acceptors (Lipinski definition) is 2. The Balaban J connectivity index is 2.21. The molecule has 4 nitrogen and oxygen atoms in total. The van der Waals surface area contributed by atoms with Crippen LogP contribution in [-0.2, 0) is 4.74 Å². The molecule has 2 rings (SSSR count). The molecule has 0 aromatic rings. The van der Waals surface area contributed by atoms with Crippen LogP contribution in [0, 0.1) is 5.92 Å². The number of nitrogens with one attached hydrogen (secondary N) is 1. The van der Waals surface area contributed by atoms with Crippen molar-refractivity contribution in [2.24, 2.45) is 5.92 Å². The summed E-state index contributed by atoms with van der Waals surface area (Å²) in [6.07, 6.45) is 1.97. The van der Waals surface area contributed by atoms with Crippen LogP contribution < -0.4 is 5.32 Å². The van der Waals surface area contributed by atoms with Crippen molar-refractivity contribution in [2.75, 3.05) is 13.1 Å². The van der Waals surface area contributed by atoms with Gasteiger partial charge in [0.1, 0.15) is 0 Å². The zero-order chi connectivity index (χ0) is 13.3. The molecule has 0 spiro atoms. The van der Waals surface area contributed by atoms with E-state index in [0.717, 1.165) is 4.90 Å². The predicted molar refractivity (Wildman–Crippen MR) is 62.3 cm³/mol. The van der Waals surface area contributed by atoms with Crippen molar-refractivity contribution < 1.29 is 18.3 Å². The van der Waals surface area contributed by atoms with Crippen molar-refractivity contribution in [1.82, 2.24) is 10.2 Å². The zero-order valence-electron chi connectivity index (χ0n) is 10.5. The Labute approximate surface area is 105 Å². The molecule has 3 atom stereocenters. The molecular formula is C12H18F2N2O2. The minimum absolute atomic E-state index is 0.148. The van der Waals surface area contributed by atoms with Gasteiger partial charge < -0.3 is 10.1 Å². The molecule has 2 heterocycles. The van der Waals surface area contributed by atoms with E-state index in [2.05, 4.69) is 5.32 Å². The number of carbonyl (C=O) groups excluding carboxylic acids is 1. The zero-order valence-corrected chi connectivity index (χ0v) is 10.5. The van der Waals surface area contributed by atoms with Crippen molar-refractivity contribution in [1.29, 1.82) is 0 Å². The van der Waals surface area contributed by atoms with Gasteiger partial charge in [0.15, 0.2) is 6.23 Å². The number of halogens is 2. The fraction of sp³-hybridized carbons (Fsp3) is 0.750. The minimum atomic E-state index is -3.02. The minimum Gasteiger partial charge on any atom is -0.348 e. The fourth-order valence-corrected chi connectivity index (χ4v) is 2.38. The topological polar surface area (TPSA) is 41.6 Å². The van der Waals surface area contributed by atoms with E-state index in [0.29, 0.717) is 13.0 Å². The van der Waals surface area contributed by atoms with E-state index >= 15 is 0 Å². The van der Waals surface area contributed by atoms with E-state index < -0.39 is 30.2 Å². The standard InChI is InChI=1S/C12H18F2N2O2/c1-3-9-8(2)12(13,14)10(18-9)16-7-5-4-6-15-11(16)17/h4-5,8-10H,3,6-7H2,1-2H3,(H,15,17)/t8-,9-,10-/m1/s1. The molecular weight excluding hydrogens is 242 g/mol. The lowest BCUT2D eigenvalue weighted by Crippen LogP contribution is -2.52. The van der Waals surface area contributed by atoms with Crippen LogP contribution in [0.2, 0.25) is 0 Å². The van der Waals surface area contributed by atoms with Crippen LogP contribution >= 0.6 is 0 Å². The number of rotatable bonds is 2. The highest BCUT2D eigenvalue weighted by Crippen LogP contribution is 2.43. The van der Waals surface area contributed by atoms with Gasteiger partial charge in [-0.3, -0.25) is 4.90 Å². The van der Waals surface area contributed by atoms with Gasteiger partial charge in [-0.15, -0.1) is 0 Å². The second-order valence-corrected chi connectivity index (χ2v) is 4.71. The molecule has 0 saturated carbocycles. The Morgan fingerprint density at radius 1 is 1.56 bits per heavy atom. The van der Waals surface area contributed by atoms with Crippen LogP contribution in [0.5, 0.6) is 0 Å². The van der Waals surface area contributed by atoms with Crippen molar-refractivity contribution in [3.05, 3.63) is 12.2 Å². The average Bonchev–Trinajstić information content (AvgIpc) is 2.49. The summed E-state index contributed by atoms with van der Waals surface area (Å²) >= 11 is 0. The van der Waals surface area contributed by atoms with Crippen molar-refractivity contribution in [2.45, 2.75) is 38.5 Å². The first-order chi connectivity index (χ1) is 8.48. The normalized spacial score (nSPS) is 35.4. The molecule has 1 N–H and O–H groups in total. The monoisotopic (exact) mass is 260 g/mol. The van der Waals surface area contributed by atoms with E-state index in [9.17, 15) is 13.6 Å². The van der Waals surface area contributed by atoms with Gasteiger partial charge in [-0.25, -0.2) is 13.6 Å². The average molecular weight is 260 g/mol. The van der Waals surface area contributed by atoms with E-state index in [-0.39, 0.29) is 6.54 Å². The van der Waals surface area contributed by atoms with Crippen LogP contribution in [0.1, 0.15) is 20.3 Å². The van der Waals surface area contributed by atoms with Crippen LogP contribution in [0.25, 0.3) is 0 Å². The first-order valence-corrected chi connectivity index (χ1v) is 6.21. The molecule has 18 heavy (non-hydrogen) atoms. The first-order valence-electron chi connectivity index (χ1n) is 6.21. The quantitative estimate of drug-likeness (QED) is 0.771. The van der Waals surface area contributed by atoms with Crippen LogP contribution in [-0.4, -0.2) is 42.3 Å². The molecule has 102 valence electrons. The van der Waals surface area contributed by atoms with E-state index in [1.807, 2.05) is 6.92 Å². The van der Waals surface area contributed by atoms with E-state index in [4.69, 9.17) is 4.74 Å². The number of nitrogens with zero attached hydrogens (tertiary/aromatic N) is 1. The molecule has 0 radical (unpaired) electrons. The molecule has 1 fully saturated rings. The number of ether oxygens (including phenoxy) is 1. The highest BCUT2D eigenvalue weighted by Gasteiger charge is 2.58. The smallest absolute Gasteiger partial charge is 0.320 e. The molecule has 1 saturated heterocycles. The van der Waals surface area contributed by atoms with Gasteiger partial charge in [0.05, 0.1) is 12.0 Å². The number of hydrogen-bond donors (Lipinski definition) is 1. The van der Waals surface area contributed by atoms with Gasteiger partial charge >= 0.3 is 6.03 Å². The molecule has 0 aliphatic carbocycles. The van der Waals surface area contributed by atoms with Crippen molar-refractivity contribution in [3.63, 3.8) is 0 Å². The van der Waals surface area contributed by atoms with Gasteiger partial charge in [0.25, 0.3) is 5.92 Å². The third kappa shape index (κ3) is 2.09. The fourth-order valence-electron chi connectivity index (χ4n) is 2.38. The summed E-state index contributed by atoms with van der Waals surface area (Å²) in [4.78, 5) is 12.8. The number of alkyl halides is 2. The first kappa shape index (κ1) is 13.3. The Hall–Kier alpha value is -1.17. The lowest BCUT2D eigenvalue weighted by molar-refractivity contribution is -0.139. The Morgan fingerprint density at radius 2 is 2.28 bits per heavy atom. The summed E-state index contributed by atoms with van der Waals surface area (Å²) in [5, 5.41) is 2.54. The number of amides is 2. The van der Waals surface area contributed by atoms with E-state index in [1.54, 1.807) is 12.2 Å². The SMILES string of the molecule is CC[C@H]1O[C@@H](N2CC=CCNC2=O)C(F)(F)[C@@H]1C. The molecule has 0 aromatic carbocycles. The van der Waals surface area contributed by atoms with Gasteiger partial charge in [0, 0.05) is 13.1 Å². The molecule has 2 aliphatic heterocycles. The summed E-state index contributed by atoms with van der Waals surface area (Å²) in [5.74, 6) is -3.90. The van der Waals surface area contributed by atoms with Crippen molar-refractivity contribution >= 4 is 6.03 Å². The molecule has 0 aromatic heterocycles. The van der Waals surface area contributed by atoms with Gasteiger partial charge in [-0.05, 0) is 6.42 Å². The van der Waals surface area contributed by atoms with E-state index in [1.165, 1.54) is 6.92 Å². The Morgan fingerprint density at radius 3 is 2.89 bits per heavy atom. The van der Waals surface area contributed by atoms with Crippen LogP contribution in [0.4, 0.5) is 13.6 Å². The maximum atomic E-state index is 14.2. The Bertz CT molecular complexity index is 360. The van der Waals surface area contributed by atoms with Gasteiger partial charge in [-0.1, -0.05) is 26.0 Å². The molecule has 0 bridgehead atoms. The molecule has 0 unspecified atom stereocenters. The number of urea groups is 1. The predicted octanol–water partition coefficient (Wildman–Crippen LogP) is 1.97. The summed E-state index contributed by atoms with van der Waals surface area (Å²) < 4.78 is 33.7. The maximum Gasteiger partial charge on any atom is 0.320 e. The second-order valence-electron chi connectivity index (χ2n) is 4.71. The highest BCUT2D eigenvalue weighted by molar-refractivity contribution is 5.75. The van der Waals surface area contributed by atoms with Gasteiger partial charge in [0.2, 0.25) is 0 Å². The highest BCUT2D eigenvalue weighted by atomic mass is 19.3. The number of carbonyl (C=O) groups is 1. The lowest BCUT2D eigenvalue weighted by Gasteiger charge is -2.30. The van der Waals surface area contributed by atoms with Gasteiger partial charge in [-0.2, -0.15) is 0 Å². The third-order valence-corrected chi connectivity index (χ3v) is 3.58. The maximum absolute atomic E-state index is 14.2. The summed E-state index contributed by atoms with van der Waals surface area (Å²) in [5.41, 5.74) is 0. The summed E-state index contributed by atoms with van der Waals surface area (Å²) in [6, 6.07) is -0.506. The second kappa shape index (κ2) is 4.84. The van der Waals surface area contributed by atoms with Crippen LogP contribution in [0.15, 0.2) is 12.2 Å². The largest absolute Gasteiger partial charge is 0.348 e. The Kier molecular flexibility index (Phi) is 3.56.